The molecule has 2 aromatic carbocycles. The van der Waals surface area contributed by atoms with Crippen molar-refractivity contribution in [3.8, 4) is 0 Å². The zero-order valence-electron chi connectivity index (χ0n) is 14.0. The van der Waals surface area contributed by atoms with Crippen LogP contribution in [-0.2, 0) is 10.5 Å². The lowest BCUT2D eigenvalue weighted by molar-refractivity contribution is -0.114. The Morgan fingerprint density at radius 2 is 1.96 bits per heavy atom. The molecule has 26 heavy (non-hydrogen) atoms. The number of rotatable bonds is 6. The number of halogens is 1. The normalized spacial score (nSPS) is 11.0. The van der Waals surface area contributed by atoms with Crippen LogP contribution >= 0.6 is 23.4 Å². The van der Waals surface area contributed by atoms with E-state index in [1.165, 1.54) is 6.92 Å². The molecule has 0 aliphatic carbocycles. The van der Waals surface area contributed by atoms with Gasteiger partial charge in [-0.05, 0) is 35.4 Å². The molecule has 132 valence electrons. The SMILES string of the molecule is CC(=O)Nc1ccc(/C=N\n2cnnc2SCc2ccc(Cl)cc2)cc1. The molecule has 6 nitrogen and oxygen atoms in total. The van der Waals surface area contributed by atoms with Crippen LogP contribution in [0, 0.1) is 0 Å². The summed E-state index contributed by atoms with van der Waals surface area (Å²) in [4.78, 5) is 11.0. The van der Waals surface area contributed by atoms with E-state index < -0.39 is 0 Å². The third kappa shape index (κ3) is 5.18. The maximum atomic E-state index is 11.0. The summed E-state index contributed by atoms with van der Waals surface area (Å²) in [6.07, 6.45) is 3.28. The third-order valence-electron chi connectivity index (χ3n) is 3.34. The number of benzene rings is 2. The summed E-state index contributed by atoms with van der Waals surface area (Å²) >= 11 is 7.44. The lowest BCUT2D eigenvalue weighted by Crippen LogP contribution is -2.05. The molecule has 0 atom stereocenters. The first-order valence-electron chi connectivity index (χ1n) is 7.79. The second-order valence-electron chi connectivity index (χ2n) is 5.42. The van der Waals surface area contributed by atoms with Gasteiger partial charge in [0.1, 0.15) is 6.33 Å². The predicted octanol–water partition coefficient (Wildman–Crippen LogP) is 4.06. The quantitative estimate of drug-likeness (QED) is 0.513. The highest BCUT2D eigenvalue weighted by molar-refractivity contribution is 7.98. The van der Waals surface area contributed by atoms with E-state index in [-0.39, 0.29) is 5.91 Å². The Morgan fingerprint density at radius 1 is 1.23 bits per heavy atom. The Bertz CT molecular complexity index is 906. The zero-order chi connectivity index (χ0) is 18.4. The zero-order valence-corrected chi connectivity index (χ0v) is 15.5. The molecule has 0 unspecified atom stereocenters. The topological polar surface area (TPSA) is 72.2 Å². The van der Waals surface area contributed by atoms with Gasteiger partial charge in [0.25, 0.3) is 0 Å². The predicted molar refractivity (Wildman–Crippen MR) is 105 cm³/mol. The van der Waals surface area contributed by atoms with Crippen LogP contribution in [0.2, 0.25) is 5.02 Å². The van der Waals surface area contributed by atoms with Gasteiger partial charge in [-0.1, -0.05) is 47.6 Å². The minimum absolute atomic E-state index is 0.0988. The van der Waals surface area contributed by atoms with Crippen LogP contribution in [0.25, 0.3) is 0 Å². The van der Waals surface area contributed by atoms with E-state index in [9.17, 15) is 4.79 Å². The third-order valence-corrected chi connectivity index (χ3v) is 4.60. The number of nitrogens with zero attached hydrogens (tertiary/aromatic N) is 4. The van der Waals surface area contributed by atoms with Crippen LogP contribution in [0.5, 0.6) is 0 Å². The average Bonchev–Trinajstić information content (AvgIpc) is 3.08. The molecule has 1 amide bonds. The van der Waals surface area contributed by atoms with Gasteiger partial charge in [-0.3, -0.25) is 4.79 Å². The maximum absolute atomic E-state index is 11.0. The molecule has 0 fully saturated rings. The lowest BCUT2D eigenvalue weighted by atomic mass is 10.2. The van der Waals surface area contributed by atoms with Crippen molar-refractivity contribution in [2.75, 3.05) is 5.32 Å². The second-order valence-corrected chi connectivity index (χ2v) is 6.80. The number of amides is 1. The Hall–Kier alpha value is -2.64. The molecule has 0 radical (unpaired) electrons. The van der Waals surface area contributed by atoms with Gasteiger partial charge in [-0.25, -0.2) is 0 Å². The first-order chi connectivity index (χ1) is 12.6. The highest BCUT2D eigenvalue weighted by Crippen LogP contribution is 2.21. The molecule has 3 rings (SSSR count). The van der Waals surface area contributed by atoms with Crippen molar-refractivity contribution in [1.82, 2.24) is 14.9 Å². The molecule has 0 aliphatic rings. The van der Waals surface area contributed by atoms with Crippen LogP contribution in [0.1, 0.15) is 18.1 Å². The first kappa shape index (κ1) is 18.2. The summed E-state index contributed by atoms with van der Waals surface area (Å²) in [5.74, 6) is 0.648. The molecule has 1 N–H and O–H groups in total. The van der Waals surface area contributed by atoms with Crippen molar-refractivity contribution in [2.24, 2.45) is 5.10 Å². The van der Waals surface area contributed by atoms with Gasteiger partial charge in [-0.2, -0.15) is 9.78 Å². The van der Waals surface area contributed by atoms with Crippen LogP contribution in [-0.4, -0.2) is 27.0 Å². The van der Waals surface area contributed by atoms with E-state index in [1.807, 2.05) is 48.5 Å². The van der Waals surface area contributed by atoms with Crippen molar-refractivity contribution in [1.29, 1.82) is 0 Å². The highest BCUT2D eigenvalue weighted by atomic mass is 35.5. The van der Waals surface area contributed by atoms with Crippen LogP contribution in [0.3, 0.4) is 0 Å². The van der Waals surface area contributed by atoms with Crippen LogP contribution < -0.4 is 5.32 Å². The van der Waals surface area contributed by atoms with E-state index in [0.29, 0.717) is 5.16 Å². The van der Waals surface area contributed by atoms with E-state index in [2.05, 4.69) is 20.6 Å². The fourth-order valence-electron chi connectivity index (χ4n) is 2.11. The average molecular weight is 386 g/mol. The Balaban J connectivity index is 1.63. The molecule has 0 spiro atoms. The number of anilines is 1. The molecule has 1 heterocycles. The molecule has 3 aromatic rings. The number of thioether (sulfide) groups is 1. The molecule has 0 aliphatic heterocycles. The minimum Gasteiger partial charge on any atom is -0.326 e. The van der Waals surface area contributed by atoms with Crippen molar-refractivity contribution in [3.63, 3.8) is 0 Å². The van der Waals surface area contributed by atoms with Crippen molar-refractivity contribution in [2.45, 2.75) is 17.8 Å². The molecule has 0 saturated carbocycles. The van der Waals surface area contributed by atoms with E-state index in [1.54, 1.807) is 29.0 Å². The molecule has 1 aromatic heterocycles. The summed E-state index contributed by atoms with van der Waals surface area (Å²) in [5.41, 5.74) is 2.80. The number of carbonyl (C=O) groups excluding carboxylic acids is 1. The Kier molecular flexibility index (Phi) is 6.04. The number of aromatic nitrogens is 3. The molecular formula is C18H16ClN5OS. The molecule has 0 bridgehead atoms. The standard InChI is InChI=1S/C18H16ClN5OS/c1-13(25)22-17-8-4-14(5-9-17)10-21-24-12-20-23-18(24)26-11-15-2-6-16(19)7-3-15/h2-10,12H,11H2,1H3,(H,22,25)/b21-10-. The fraction of sp³-hybridized carbons (Fsp3) is 0.111. The van der Waals surface area contributed by atoms with Crippen LogP contribution in [0.15, 0.2) is 65.1 Å². The van der Waals surface area contributed by atoms with E-state index in [0.717, 1.165) is 27.6 Å². The summed E-state index contributed by atoms with van der Waals surface area (Å²) in [5, 5.41) is 16.5. The smallest absolute Gasteiger partial charge is 0.221 e. The van der Waals surface area contributed by atoms with Gasteiger partial charge >= 0.3 is 0 Å². The summed E-state index contributed by atoms with van der Waals surface area (Å²) < 4.78 is 1.63. The number of carbonyl (C=O) groups is 1. The second kappa shape index (κ2) is 8.64. The Morgan fingerprint density at radius 3 is 2.65 bits per heavy atom. The fourth-order valence-corrected chi connectivity index (χ4v) is 3.05. The highest BCUT2D eigenvalue weighted by Gasteiger charge is 2.04. The van der Waals surface area contributed by atoms with Gasteiger partial charge in [0.2, 0.25) is 11.1 Å². The van der Waals surface area contributed by atoms with Crippen molar-refractivity contribution >= 4 is 41.2 Å². The number of nitrogens with one attached hydrogen (secondary N) is 1. The monoisotopic (exact) mass is 385 g/mol. The lowest BCUT2D eigenvalue weighted by Gasteiger charge is -2.03. The van der Waals surface area contributed by atoms with Gasteiger partial charge in [0, 0.05) is 23.4 Å². The number of hydrogen-bond donors (Lipinski definition) is 1. The van der Waals surface area contributed by atoms with E-state index >= 15 is 0 Å². The largest absolute Gasteiger partial charge is 0.326 e. The van der Waals surface area contributed by atoms with E-state index in [4.69, 9.17) is 11.6 Å². The summed E-state index contributed by atoms with van der Waals surface area (Å²) in [6.45, 7) is 1.48. The molecule has 0 saturated heterocycles. The van der Waals surface area contributed by atoms with Crippen molar-refractivity contribution < 1.29 is 4.79 Å². The van der Waals surface area contributed by atoms with Gasteiger partial charge in [0.05, 0.1) is 6.21 Å². The first-order valence-corrected chi connectivity index (χ1v) is 9.16. The summed E-state index contributed by atoms with van der Waals surface area (Å²) in [6, 6.07) is 15.1. The molecule has 8 heteroatoms. The van der Waals surface area contributed by atoms with Crippen molar-refractivity contribution in [3.05, 3.63) is 71.0 Å². The molecular weight excluding hydrogens is 370 g/mol. The summed E-state index contributed by atoms with van der Waals surface area (Å²) in [7, 11) is 0. The minimum atomic E-state index is -0.0988. The van der Waals surface area contributed by atoms with Gasteiger partial charge < -0.3 is 5.32 Å². The van der Waals surface area contributed by atoms with Gasteiger partial charge in [-0.15, -0.1) is 10.2 Å². The maximum Gasteiger partial charge on any atom is 0.221 e. The number of hydrogen-bond acceptors (Lipinski definition) is 5. The van der Waals surface area contributed by atoms with Crippen LogP contribution in [0.4, 0.5) is 5.69 Å². The van der Waals surface area contributed by atoms with Gasteiger partial charge in [0.15, 0.2) is 0 Å². The Labute approximate surface area is 160 Å².